The molecule has 0 heterocycles. The van der Waals surface area contributed by atoms with Gasteiger partial charge in [-0.3, -0.25) is 9.59 Å². The van der Waals surface area contributed by atoms with E-state index in [0.717, 1.165) is 5.69 Å². The number of ether oxygens (including phenoxy) is 2. The lowest BCUT2D eigenvalue weighted by molar-refractivity contribution is -0.147. The number of para-hydroxylation sites is 1. The summed E-state index contributed by atoms with van der Waals surface area (Å²) in [4.78, 5) is 24.8. The molecule has 0 atom stereocenters. The van der Waals surface area contributed by atoms with Gasteiger partial charge in [-0.05, 0) is 12.1 Å². The first-order valence-electron chi connectivity index (χ1n) is 5.38. The molecule has 1 aromatic rings. The van der Waals surface area contributed by atoms with Crippen LogP contribution in [0.5, 0.6) is 0 Å². The Balaban J connectivity index is 2.78. The number of benzene rings is 1. The molecule has 0 aliphatic heterocycles. The maximum atomic E-state index is 11.5. The van der Waals surface area contributed by atoms with Crippen LogP contribution in [-0.4, -0.2) is 39.8 Å². The third kappa shape index (κ3) is 3.48. The van der Waals surface area contributed by atoms with Crippen LogP contribution in [-0.2, 0) is 19.1 Å². The number of hydrogen-bond donors (Lipinski definition) is 0. The number of nitrogens with zero attached hydrogens (tertiary/aromatic N) is 1. The molecule has 1 radical (unpaired) electrons. The van der Waals surface area contributed by atoms with Crippen LogP contribution in [0.2, 0.25) is 0 Å². The van der Waals surface area contributed by atoms with Crippen molar-refractivity contribution in [3.8, 4) is 0 Å². The monoisotopic (exact) mass is 250 g/mol. The standard InChI is InChI=1S/C13H16NO4/c1-14(10-7-5-4-6-8-10)9-11(12(15)17-2)13(16)18-3/h4-8H,9H2,1-3H3. The quantitative estimate of drug-likeness (QED) is 0.577. The Morgan fingerprint density at radius 2 is 1.56 bits per heavy atom. The van der Waals surface area contributed by atoms with Crippen molar-refractivity contribution in [1.82, 2.24) is 0 Å². The molecular weight excluding hydrogens is 234 g/mol. The SMILES string of the molecule is COC(=O)[C](CN(C)c1ccccc1)C(=O)OC. The van der Waals surface area contributed by atoms with Gasteiger partial charge in [-0.2, -0.15) is 0 Å². The fourth-order valence-electron chi connectivity index (χ4n) is 1.47. The van der Waals surface area contributed by atoms with Gasteiger partial charge in [0, 0.05) is 19.3 Å². The number of hydrogen-bond acceptors (Lipinski definition) is 5. The van der Waals surface area contributed by atoms with Crippen LogP contribution < -0.4 is 4.90 Å². The van der Waals surface area contributed by atoms with E-state index in [1.165, 1.54) is 14.2 Å². The van der Waals surface area contributed by atoms with Gasteiger partial charge in [-0.15, -0.1) is 0 Å². The first-order chi connectivity index (χ1) is 8.60. The zero-order valence-electron chi connectivity index (χ0n) is 10.7. The van der Waals surface area contributed by atoms with Crippen LogP contribution in [0.4, 0.5) is 5.69 Å². The van der Waals surface area contributed by atoms with E-state index < -0.39 is 11.9 Å². The molecule has 0 saturated heterocycles. The highest BCUT2D eigenvalue weighted by molar-refractivity contribution is 6.10. The number of methoxy groups -OCH3 is 2. The van der Waals surface area contributed by atoms with E-state index in [0.29, 0.717) is 0 Å². The van der Waals surface area contributed by atoms with E-state index in [1.54, 1.807) is 11.9 Å². The van der Waals surface area contributed by atoms with E-state index in [1.807, 2.05) is 30.3 Å². The Labute approximate surface area is 106 Å². The summed E-state index contributed by atoms with van der Waals surface area (Å²) in [5.74, 6) is -1.39. The van der Waals surface area contributed by atoms with Crippen molar-refractivity contribution in [2.45, 2.75) is 0 Å². The summed E-state index contributed by atoms with van der Waals surface area (Å²) < 4.78 is 9.14. The molecule has 0 aliphatic carbocycles. The van der Waals surface area contributed by atoms with Gasteiger partial charge in [0.2, 0.25) is 5.92 Å². The van der Waals surface area contributed by atoms with Crippen molar-refractivity contribution in [3.05, 3.63) is 36.2 Å². The van der Waals surface area contributed by atoms with Gasteiger partial charge in [0.05, 0.1) is 14.2 Å². The molecule has 0 unspecified atom stereocenters. The average Bonchev–Trinajstić information content (AvgIpc) is 2.43. The largest absolute Gasteiger partial charge is 0.468 e. The van der Waals surface area contributed by atoms with Crippen molar-refractivity contribution in [2.24, 2.45) is 0 Å². The minimum absolute atomic E-state index is 0.0358. The highest BCUT2D eigenvalue weighted by atomic mass is 16.5. The Bertz CT molecular complexity index is 389. The fraction of sp³-hybridized carbons (Fsp3) is 0.308. The molecule has 0 aliphatic rings. The Morgan fingerprint density at radius 3 is 2.00 bits per heavy atom. The van der Waals surface area contributed by atoms with Crippen LogP contribution in [0.25, 0.3) is 0 Å². The smallest absolute Gasteiger partial charge is 0.327 e. The lowest BCUT2D eigenvalue weighted by Gasteiger charge is -2.22. The molecule has 0 aromatic heterocycles. The van der Waals surface area contributed by atoms with Crippen LogP contribution in [0, 0.1) is 5.92 Å². The lowest BCUT2D eigenvalue weighted by atomic mass is 10.1. The molecule has 97 valence electrons. The molecule has 18 heavy (non-hydrogen) atoms. The molecule has 0 bridgehead atoms. The van der Waals surface area contributed by atoms with Crippen LogP contribution >= 0.6 is 0 Å². The van der Waals surface area contributed by atoms with Gasteiger partial charge in [-0.1, -0.05) is 18.2 Å². The fourth-order valence-corrected chi connectivity index (χ4v) is 1.47. The summed E-state index contributed by atoms with van der Waals surface area (Å²) in [6.45, 7) is 0.128. The Kier molecular flexibility index (Phi) is 5.17. The summed E-state index contributed by atoms with van der Waals surface area (Å²) in [5.41, 5.74) is 0.891. The lowest BCUT2D eigenvalue weighted by Crippen LogP contribution is -2.35. The first kappa shape index (κ1) is 14.0. The van der Waals surface area contributed by atoms with Crippen molar-refractivity contribution in [2.75, 3.05) is 32.7 Å². The minimum atomic E-state index is -0.676. The molecular formula is C13H16NO4. The van der Waals surface area contributed by atoms with Crippen molar-refractivity contribution in [1.29, 1.82) is 0 Å². The van der Waals surface area contributed by atoms with Crippen molar-refractivity contribution in [3.63, 3.8) is 0 Å². The number of anilines is 1. The summed E-state index contributed by atoms with van der Waals surface area (Å²) in [6.07, 6.45) is 0. The van der Waals surface area contributed by atoms with Crippen LogP contribution in [0.1, 0.15) is 0 Å². The molecule has 5 nitrogen and oxygen atoms in total. The van der Waals surface area contributed by atoms with Gasteiger partial charge in [0.1, 0.15) is 0 Å². The third-order valence-electron chi connectivity index (χ3n) is 2.46. The predicted octanol–water partition coefficient (Wildman–Crippen LogP) is 1.04. The molecule has 0 amide bonds. The number of rotatable bonds is 5. The number of esters is 2. The maximum absolute atomic E-state index is 11.5. The molecule has 0 spiro atoms. The summed E-state index contributed by atoms with van der Waals surface area (Å²) >= 11 is 0. The van der Waals surface area contributed by atoms with Crippen LogP contribution in [0.3, 0.4) is 0 Å². The molecule has 1 aromatic carbocycles. The van der Waals surface area contributed by atoms with Gasteiger partial charge in [0.15, 0.2) is 0 Å². The van der Waals surface area contributed by atoms with E-state index >= 15 is 0 Å². The van der Waals surface area contributed by atoms with Crippen molar-refractivity contribution < 1.29 is 19.1 Å². The topological polar surface area (TPSA) is 55.8 Å². The van der Waals surface area contributed by atoms with Crippen LogP contribution in [0.15, 0.2) is 30.3 Å². The van der Waals surface area contributed by atoms with Crippen molar-refractivity contribution >= 4 is 17.6 Å². The van der Waals surface area contributed by atoms with Gasteiger partial charge in [-0.25, -0.2) is 0 Å². The zero-order chi connectivity index (χ0) is 13.5. The Morgan fingerprint density at radius 1 is 1.06 bits per heavy atom. The van der Waals surface area contributed by atoms with Gasteiger partial charge < -0.3 is 14.4 Å². The van der Waals surface area contributed by atoms with E-state index in [2.05, 4.69) is 9.47 Å². The molecule has 1 rings (SSSR count). The third-order valence-corrected chi connectivity index (χ3v) is 2.46. The van der Waals surface area contributed by atoms with E-state index in [4.69, 9.17) is 0 Å². The number of carbonyl (C=O) groups excluding carboxylic acids is 2. The zero-order valence-corrected chi connectivity index (χ0v) is 10.7. The molecule has 0 fully saturated rings. The van der Waals surface area contributed by atoms with E-state index in [9.17, 15) is 9.59 Å². The minimum Gasteiger partial charge on any atom is -0.468 e. The maximum Gasteiger partial charge on any atom is 0.327 e. The number of carbonyl (C=O) groups is 2. The normalized spacial score (nSPS) is 10.0. The summed E-state index contributed by atoms with van der Waals surface area (Å²) in [7, 11) is 4.24. The molecule has 0 N–H and O–H groups in total. The van der Waals surface area contributed by atoms with E-state index in [-0.39, 0.29) is 12.5 Å². The highest BCUT2D eigenvalue weighted by Gasteiger charge is 2.31. The highest BCUT2D eigenvalue weighted by Crippen LogP contribution is 2.15. The average molecular weight is 250 g/mol. The summed E-state index contributed by atoms with van der Waals surface area (Å²) in [6, 6.07) is 9.41. The summed E-state index contributed by atoms with van der Waals surface area (Å²) in [5, 5.41) is 0. The molecule has 5 heteroatoms. The van der Waals surface area contributed by atoms with Gasteiger partial charge >= 0.3 is 11.9 Å². The predicted molar refractivity (Wildman–Crippen MR) is 67.0 cm³/mol. The van der Waals surface area contributed by atoms with Gasteiger partial charge in [0.25, 0.3) is 0 Å². The Hall–Kier alpha value is -2.04. The molecule has 0 saturated carbocycles. The second kappa shape index (κ2) is 6.64. The second-order valence-corrected chi connectivity index (χ2v) is 3.65. The second-order valence-electron chi connectivity index (χ2n) is 3.65. The first-order valence-corrected chi connectivity index (χ1v) is 5.38.